The van der Waals surface area contributed by atoms with Crippen LogP contribution in [0, 0.1) is 0 Å². The minimum Gasteiger partial charge on any atom is -0.306 e. The van der Waals surface area contributed by atoms with Crippen LogP contribution in [0.25, 0.3) is 0 Å². The van der Waals surface area contributed by atoms with Crippen LogP contribution >= 0.6 is 0 Å². The molecule has 2 fully saturated rings. The summed E-state index contributed by atoms with van der Waals surface area (Å²) in [4.78, 5) is 5.13. The molecule has 0 atom stereocenters. The van der Waals surface area contributed by atoms with E-state index in [1.165, 1.54) is 51.6 Å². The van der Waals surface area contributed by atoms with Gasteiger partial charge in [0, 0.05) is 12.1 Å². The molecule has 1 saturated heterocycles. The molecular weight excluding hydrogens is 172 g/mol. The van der Waals surface area contributed by atoms with Gasteiger partial charge in [-0.2, -0.15) is 0 Å². The Bertz CT molecular complexity index is 165. The standard InChI is InChI=1S/C12H24N2/c1-13(2)11-5-7-12(8-6-11)14-9-3-4-10-14/h11-12H,3-10H2,1-2H3/t11-,12+. The van der Waals surface area contributed by atoms with E-state index in [9.17, 15) is 0 Å². The molecule has 1 heterocycles. The third-order valence-electron chi connectivity index (χ3n) is 4.05. The fourth-order valence-corrected chi connectivity index (χ4v) is 3.05. The first-order chi connectivity index (χ1) is 6.77. The van der Waals surface area contributed by atoms with Crippen molar-refractivity contribution in [2.75, 3.05) is 27.2 Å². The monoisotopic (exact) mass is 196 g/mol. The molecule has 2 nitrogen and oxygen atoms in total. The highest BCUT2D eigenvalue weighted by molar-refractivity contribution is 4.84. The molecule has 0 bridgehead atoms. The van der Waals surface area contributed by atoms with Crippen molar-refractivity contribution in [1.82, 2.24) is 9.80 Å². The van der Waals surface area contributed by atoms with Crippen LogP contribution in [0.5, 0.6) is 0 Å². The summed E-state index contributed by atoms with van der Waals surface area (Å²) in [6.45, 7) is 2.74. The van der Waals surface area contributed by atoms with Crippen molar-refractivity contribution in [2.45, 2.75) is 50.6 Å². The number of nitrogens with zero attached hydrogens (tertiary/aromatic N) is 2. The third kappa shape index (κ3) is 2.29. The Labute approximate surface area is 88.3 Å². The molecule has 0 amide bonds. The summed E-state index contributed by atoms with van der Waals surface area (Å²) in [6, 6.07) is 1.78. The minimum atomic E-state index is 0.855. The Morgan fingerprint density at radius 2 is 1.50 bits per heavy atom. The fraction of sp³-hybridized carbons (Fsp3) is 1.00. The summed E-state index contributed by atoms with van der Waals surface area (Å²) in [5.74, 6) is 0. The van der Waals surface area contributed by atoms with Crippen molar-refractivity contribution < 1.29 is 0 Å². The van der Waals surface area contributed by atoms with Crippen LogP contribution < -0.4 is 0 Å². The predicted octanol–water partition coefficient (Wildman–Crippen LogP) is 1.95. The summed E-state index contributed by atoms with van der Waals surface area (Å²) in [6.07, 6.45) is 8.56. The molecule has 1 aliphatic carbocycles. The lowest BCUT2D eigenvalue weighted by molar-refractivity contribution is 0.137. The molecule has 1 aliphatic heterocycles. The molecule has 82 valence electrons. The molecule has 2 rings (SSSR count). The van der Waals surface area contributed by atoms with Gasteiger partial charge in [-0.15, -0.1) is 0 Å². The predicted molar refractivity (Wildman–Crippen MR) is 60.5 cm³/mol. The molecule has 0 spiro atoms. The van der Waals surface area contributed by atoms with E-state index in [2.05, 4.69) is 23.9 Å². The van der Waals surface area contributed by atoms with Gasteiger partial charge < -0.3 is 9.80 Å². The molecule has 0 N–H and O–H groups in total. The van der Waals surface area contributed by atoms with Gasteiger partial charge in [-0.1, -0.05) is 0 Å². The Kier molecular flexibility index (Phi) is 3.45. The summed E-state index contributed by atoms with van der Waals surface area (Å²) >= 11 is 0. The van der Waals surface area contributed by atoms with Crippen molar-refractivity contribution in [3.8, 4) is 0 Å². The zero-order valence-corrected chi connectivity index (χ0v) is 9.71. The van der Waals surface area contributed by atoms with Gasteiger partial charge in [-0.05, 0) is 65.7 Å². The Hall–Kier alpha value is -0.0800. The Morgan fingerprint density at radius 3 is 2.00 bits per heavy atom. The largest absolute Gasteiger partial charge is 0.306 e. The maximum atomic E-state index is 2.73. The smallest absolute Gasteiger partial charge is 0.00964 e. The topological polar surface area (TPSA) is 6.48 Å². The van der Waals surface area contributed by atoms with Crippen molar-refractivity contribution in [1.29, 1.82) is 0 Å². The molecule has 0 aromatic rings. The Morgan fingerprint density at radius 1 is 0.929 bits per heavy atom. The van der Waals surface area contributed by atoms with Gasteiger partial charge >= 0.3 is 0 Å². The van der Waals surface area contributed by atoms with Crippen LogP contribution in [0.15, 0.2) is 0 Å². The SMILES string of the molecule is CN(C)[C@H]1CC[C@@H](N2CCCC2)CC1. The van der Waals surface area contributed by atoms with Crippen LogP contribution in [0.1, 0.15) is 38.5 Å². The summed E-state index contributed by atoms with van der Waals surface area (Å²) in [5, 5.41) is 0. The molecule has 0 radical (unpaired) electrons. The fourth-order valence-electron chi connectivity index (χ4n) is 3.05. The summed E-state index contributed by atoms with van der Waals surface area (Å²) < 4.78 is 0. The number of rotatable bonds is 2. The van der Waals surface area contributed by atoms with Gasteiger partial charge in [0.05, 0.1) is 0 Å². The van der Waals surface area contributed by atoms with E-state index in [0.717, 1.165) is 12.1 Å². The maximum absolute atomic E-state index is 2.73. The lowest BCUT2D eigenvalue weighted by Crippen LogP contribution is -2.40. The van der Waals surface area contributed by atoms with E-state index in [1.54, 1.807) is 0 Å². The van der Waals surface area contributed by atoms with E-state index < -0.39 is 0 Å². The number of hydrogen-bond acceptors (Lipinski definition) is 2. The highest BCUT2D eigenvalue weighted by Crippen LogP contribution is 2.27. The van der Waals surface area contributed by atoms with Gasteiger partial charge in [0.15, 0.2) is 0 Å². The summed E-state index contributed by atoms with van der Waals surface area (Å²) in [7, 11) is 4.45. The first kappa shape index (κ1) is 10.4. The maximum Gasteiger partial charge on any atom is 0.00964 e. The van der Waals surface area contributed by atoms with Gasteiger partial charge in [0.1, 0.15) is 0 Å². The molecule has 2 heteroatoms. The van der Waals surface area contributed by atoms with Gasteiger partial charge in [0.25, 0.3) is 0 Å². The first-order valence-electron chi connectivity index (χ1n) is 6.18. The van der Waals surface area contributed by atoms with Crippen molar-refractivity contribution >= 4 is 0 Å². The number of likely N-dealkylation sites (tertiary alicyclic amines) is 1. The first-order valence-corrected chi connectivity index (χ1v) is 6.18. The zero-order chi connectivity index (χ0) is 9.97. The second kappa shape index (κ2) is 4.63. The molecule has 0 aromatic heterocycles. The van der Waals surface area contributed by atoms with Crippen LogP contribution in [0.3, 0.4) is 0 Å². The van der Waals surface area contributed by atoms with Gasteiger partial charge in [-0.3, -0.25) is 0 Å². The van der Waals surface area contributed by atoms with E-state index >= 15 is 0 Å². The lowest BCUT2D eigenvalue weighted by atomic mass is 9.90. The van der Waals surface area contributed by atoms with Gasteiger partial charge in [-0.25, -0.2) is 0 Å². The molecule has 1 saturated carbocycles. The van der Waals surface area contributed by atoms with Crippen molar-refractivity contribution in [3.05, 3.63) is 0 Å². The van der Waals surface area contributed by atoms with Crippen molar-refractivity contribution in [2.24, 2.45) is 0 Å². The second-order valence-electron chi connectivity index (χ2n) is 5.17. The van der Waals surface area contributed by atoms with E-state index in [-0.39, 0.29) is 0 Å². The number of hydrogen-bond donors (Lipinski definition) is 0. The third-order valence-corrected chi connectivity index (χ3v) is 4.05. The summed E-state index contributed by atoms with van der Waals surface area (Å²) in [5.41, 5.74) is 0. The van der Waals surface area contributed by atoms with Crippen LogP contribution in [-0.4, -0.2) is 49.1 Å². The van der Waals surface area contributed by atoms with Crippen LogP contribution in [0.2, 0.25) is 0 Å². The highest BCUT2D eigenvalue weighted by Gasteiger charge is 2.27. The Balaban J connectivity index is 1.77. The lowest BCUT2D eigenvalue weighted by Gasteiger charge is -2.36. The molecule has 0 unspecified atom stereocenters. The van der Waals surface area contributed by atoms with E-state index in [4.69, 9.17) is 0 Å². The van der Waals surface area contributed by atoms with E-state index in [0.29, 0.717) is 0 Å². The van der Waals surface area contributed by atoms with Crippen molar-refractivity contribution in [3.63, 3.8) is 0 Å². The average molecular weight is 196 g/mol. The zero-order valence-electron chi connectivity index (χ0n) is 9.71. The van der Waals surface area contributed by atoms with Crippen LogP contribution in [0.4, 0.5) is 0 Å². The van der Waals surface area contributed by atoms with E-state index in [1.807, 2.05) is 0 Å². The quantitative estimate of drug-likeness (QED) is 0.666. The molecular formula is C12H24N2. The van der Waals surface area contributed by atoms with Crippen LogP contribution in [-0.2, 0) is 0 Å². The second-order valence-corrected chi connectivity index (χ2v) is 5.17. The average Bonchev–Trinajstić information content (AvgIpc) is 2.71. The molecule has 0 aromatic carbocycles. The highest BCUT2D eigenvalue weighted by atomic mass is 15.2. The molecule has 2 aliphatic rings. The normalized spacial score (nSPS) is 35.4. The minimum absolute atomic E-state index is 0.855. The molecule has 14 heavy (non-hydrogen) atoms. The van der Waals surface area contributed by atoms with Gasteiger partial charge in [0.2, 0.25) is 0 Å².